The Bertz CT molecular complexity index is 875. The number of thioether (sulfide) groups is 1. The quantitative estimate of drug-likeness (QED) is 0.396. The van der Waals surface area contributed by atoms with Crippen molar-refractivity contribution >= 4 is 11.8 Å². The molecular weight excluding hydrogens is 336 g/mol. The minimum absolute atomic E-state index is 0.275. The van der Waals surface area contributed by atoms with Crippen LogP contribution in [0.3, 0.4) is 0 Å². The van der Waals surface area contributed by atoms with Crippen LogP contribution < -0.4 is 0 Å². The van der Waals surface area contributed by atoms with Crippen molar-refractivity contribution in [2.75, 3.05) is 0 Å². The van der Waals surface area contributed by atoms with Gasteiger partial charge in [0.25, 0.3) is 0 Å². The SMILES string of the molecule is CCCc1ccc(C#Cc2cc(F)c(SC#N)c(F)c2)c(C2CC2)c1. The molecule has 0 heterocycles. The van der Waals surface area contributed by atoms with Crippen molar-refractivity contribution in [1.82, 2.24) is 0 Å². The van der Waals surface area contributed by atoms with Gasteiger partial charge >= 0.3 is 0 Å². The summed E-state index contributed by atoms with van der Waals surface area (Å²) in [6.45, 7) is 2.15. The Morgan fingerprint density at radius 2 is 1.84 bits per heavy atom. The fourth-order valence-corrected chi connectivity index (χ4v) is 3.22. The van der Waals surface area contributed by atoms with Crippen LogP contribution in [-0.2, 0) is 6.42 Å². The normalized spacial score (nSPS) is 13.0. The summed E-state index contributed by atoms with van der Waals surface area (Å²) >= 11 is 0.480. The summed E-state index contributed by atoms with van der Waals surface area (Å²) in [4.78, 5) is -0.282. The molecule has 1 saturated carbocycles. The first-order valence-corrected chi connectivity index (χ1v) is 9.13. The molecule has 2 aromatic carbocycles. The molecule has 0 amide bonds. The monoisotopic (exact) mass is 353 g/mol. The average molecular weight is 353 g/mol. The van der Waals surface area contributed by atoms with Crippen molar-refractivity contribution in [3.63, 3.8) is 0 Å². The van der Waals surface area contributed by atoms with E-state index in [1.54, 1.807) is 5.40 Å². The standard InChI is InChI=1S/C21H17F2NS/c1-2-3-14-4-6-16(18(10-14)17-8-9-17)7-5-15-11-19(22)21(25-13-24)20(23)12-15/h4,6,10-12,17H,2-3,8-9H2,1H3. The molecule has 2 aromatic rings. The molecule has 1 nitrogen and oxygen atoms in total. The first-order valence-electron chi connectivity index (χ1n) is 8.32. The molecule has 0 unspecified atom stereocenters. The zero-order chi connectivity index (χ0) is 17.8. The van der Waals surface area contributed by atoms with Gasteiger partial charge in [0.15, 0.2) is 0 Å². The molecule has 126 valence electrons. The number of hydrogen-bond acceptors (Lipinski definition) is 2. The van der Waals surface area contributed by atoms with E-state index >= 15 is 0 Å². The molecule has 3 rings (SSSR count). The summed E-state index contributed by atoms with van der Waals surface area (Å²) < 4.78 is 27.8. The van der Waals surface area contributed by atoms with Crippen LogP contribution in [0, 0.1) is 34.1 Å². The molecule has 0 N–H and O–H groups in total. The number of aryl methyl sites for hydroxylation is 1. The molecule has 0 atom stereocenters. The second kappa shape index (κ2) is 7.72. The summed E-state index contributed by atoms with van der Waals surface area (Å²) in [5, 5.41) is 10.3. The van der Waals surface area contributed by atoms with Crippen LogP contribution in [0.2, 0.25) is 0 Å². The maximum Gasteiger partial charge on any atom is 0.142 e. The van der Waals surface area contributed by atoms with Crippen LogP contribution in [0.4, 0.5) is 8.78 Å². The third-order valence-electron chi connectivity index (χ3n) is 4.16. The van der Waals surface area contributed by atoms with E-state index in [4.69, 9.17) is 5.26 Å². The zero-order valence-electron chi connectivity index (χ0n) is 13.9. The van der Waals surface area contributed by atoms with Gasteiger partial charge < -0.3 is 0 Å². The van der Waals surface area contributed by atoms with E-state index in [2.05, 4.69) is 30.9 Å². The van der Waals surface area contributed by atoms with Gasteiger partial charge in [-0.05, 0) is 66.3 Å². The minimum Gasteiger partial charge on any atom is -0.206 e. The van der Waals surface area contributed by atoms with Crippen molar-refractivity contribution in [1.29, 1.82) is 5.26 Å². The molecule has 0 aliphatic heterocycles. The van der Waals surface area contributed by atoms with Gasteiger partial charge in [0.1, 0.15) is 17.0 Å². The molecule has 0 bridgehead atoms. The summed E-state index contributed by atoms with van der Waals surface area (Å²) in [5.74, 6) is 4.99. The van der Waals surface area contributed by atoms with Crippen LogP contribution >= 0.6 is 11.8 Å². The zero-order valence-corrected chi connectivity index (χ0v) is 14.7. The third-order valence-corrected chi connectivity index (χ3v) is 4.84. The van der Waals surface area contributed by atoms with Gasteiger partial charge in [-0.25, -0.2) is 8.78 Å². The summed E-state index contributed by atoms with van der Waals surface area (Å²) in [6.07, 6.45) is 4.49. The van der Waals surface area contributed by atoms with Gasteiger partial charge in [-0.2, -0.15) is 5.26 Å². The van der Waals surface area contributed by atoms with Crippen LogP contribution in [0.5, 0.6) is 0 Å². The number of thiocyanates is 1. The van der Waals surface area contributed by atoms with Crippen molar-refractivity contribution in [3.05, 3.63) is 64.2 Å². The van der Waals surface area contributed by atoms with Gasteiger partial charge in [-0.15, -0.1) is 0 Å². The van der Waals surface area contributed by atoms with Gasteiger partial charge in [0, 0.05) is 11.1 Å². The molecule has 0 saturated heterocycles. The molecule has 0 spiro atoms. The van der Waals surface area contributed by atoms with Crippen LogP contribution in [-0.4, -0.2) is 0 Å². The Hall–Kier alpha value is -2.30. The van der Waals surface area contributed by atoms with Crippen molar-refractivity contribution in [2.45, 2.75) is 43.4 Å². The highest BCUT2D eigenvalue weighted by molar-refractivity contribution is 8.03. The summed E-state index contributed by atoms with van der Waals surface area (Å²) in [7, 11) is 0. The lowest BCUT2D eigenvalue weighted by Gasteiger charge is -2.06. The largest absolute Gasteiger partial charge is 0.206 e. The second-order valence-electron chi connectivity index (χ2n) is 6.16. The Kier molecular flexibility index (Phi) is 5.41. The van der Waals surface area contributed by atoms with E-state index in [0.717, 1.165) is 18.4 Å². The number of benzene rings is 2. The van der Waals surface area contributed by atoms with Gasteiger partial charge in [-0.3, -0.25) is 0 Å². The maximum atomic E-state index is 13.9. The highest BCUT2D eigenvalue weighted by atomic mass is 32.2. The van der Waals surface area contributed by atoms with Gasteiger partial charge in [-0.1, -0.05) is 37.3 Å². The number of rotatable bonds is 4. The fraction of sp³-hybridized carbons (Fsp3) is 0.286. The molecule has 0 radical (unpaired) electrons. The highest BCUT2D eigenvalue weighted by Gasteiger charge is 2.25. The van der Waals surface area contributed by atoms with Crippen LogP contribution in [0.25, 0.3) is 0 Å². The summed E-state index contributed by atoms with van der Waals surface area (Å²) in [5.41, 5.74) is 3.76. The second-order valence-corrected chi connectivity index (χ2v) is 6.95. The van der Waals surface area contributed by atoms with Gasteiger partial charge in [0.2, 0.25) is 0 Å². The first-order chi connectivity index (χ1) is 12.1. The Labute approximate surface area is 151 Å². The average Bonchev–Trinajstić information content (AvgIpc) is 3.42. The fourth-order valence-electron chi connectivity index (χ4n) is 2.82. The molecule has 1 aliphatic carbocycles. The highest BCUT2D eigenvalue weighted by Crippen LogP contribution is 2.42. The summed E-state index contributed by atoms with van der Waals surface area (Å²) in [6, 6.07) is 8.67. The van der Waals surface area contributed by atoms with E-state index in [9.17, 15) is 8.78 Å². The number of hydrogen-bond donors (Lipinski definition) is 0. The smallest absolute Gasteiger partial charge is 0.142 e. The van der Waals surface area contributed by atoms with Crippen molar-refractivity contribution in [2.24, 2.45) is 0 Å². The van der Waals surface area contributed by atoms with Crippen molar-refractivity contribution < 1.29 is 8.78 Å². The third kappa shape index (κ3) is 4.21. The maximum absolute atomic E-state index is 13.9. The Morgan fingerprint density at radius 1 is 1.12 bits per heavy atom. The van der Waals surface area contributed by atoms with Crippen LogP contribution in [0.1, 0.15) is 54.4 Å². The van der Waals surface area contributed by atoms with E-state index in [1.807, 2.05) is 6.07 Å². The van der Waals surface area contributed by atoms with Crippen molar-refractivity contribution in [3.8, 4) is 17.2 Å². The molecule has 1 fully saturated rings. The molecular formula is C21H17F2NS. The Balaban J connectivity index is 1.92. The number of nitrogens with zero attached hydrogens (tertiary/aromatic N) is 1. The lowest BCUT2D eigenvalue weighted by atomic mass is 9.98. The van der Waals surface area contributed by atoms with E-state index in [1.165, 1.54) is 36.1 Å². The van der Waals surface area contributed by atoms with E-state index in [0.29, 0.717) is 17.7 Å². The topological polar surface area (TPSA) is 23.8 Å². The predicted molar refractivity (Wildman–Crippen MR) is 96.2 cm³/mol. The van der Waals surface area contributed by atoms with Gasteiger partial charge in [0.05, 0.1) is 4.90 Å². The van der Waals surface area contributed by atoms with E-state index in [-0.39, 0.29) is 10.5 Å². The van der Waals surface area contributed by atoms with E-state index < -0.39 is 11.6 Å². The predicted octanol–water partition coefficient (Wildman–Crippen LogP) is 5.77. The number of halogens is 2. The molecule has 1 aliphatic rings. The first kappa shape index (κ1) is 17.5. The molecule has 25 heavy (non-hydrogen) atoms. The van der Waals surface area contributed by atoms with Crippen LogP contribution in [0.15, 0.2) is 35.2 Å². The lowest BCUT2D eigenvalue weighted by Crippen LogP contribution is -1.92. The molecule has 4 heteroatoms. The lowest BCUT2D eigenvalue weighted by molar-refractivity contribution is 0.540. The number of nitriles is 1. The Morgan fingerprint density at radius 3 is 2.44 bits per heavy atom. The minimum atomic E-state index is -0.753. The molecule has 0 aromatic heterocycles.